The van der Waals surface area contributed by atoms with Crippen molar-refractivity contribution in [2.75, 3.05) is 19.8 Å². The second-order valence-corrected chi connectivity index (χ2v) is 13.5. The first-order valence-electron chi connectivity index (χ1n) is 14.0. The number of nitrogens with two attached hydrogens (primary N) is 1. The number of urea groups is 1. The Bertz CT molecular complexity index is 844. The lowest BCUT2D eigenvalue weighted by molar-refractivity contribution is -0.143. The normalized spacial score (nSPS) is 22.0. The van der Waals surface area contributed by atoms with Gasteiger partial charge in [-0.1, -0.05) is 53.9 Å². The second-order valence-electron chi connectivity index (χ2n) is 13.5. The molecule has 1 heterocycles. The molecule has 2 aliphatic rings. The Hall–Kier alpha value is -2.36. The van der Waals surface area contributed by atoms with Crippen molar-refractivity contribution in [1.29, 1.82) is 0 Å². The SMILES string of the molecule is CC(C)[C@H]1CCN(C(=O)[C@@H](NC(=O)NC(C)(C)C)C(C)(C)C)[C@@H]1C(=O)NC(COCC(N)=O)CC1CCC1. The van der Waals surface area contributed by atoms with Gasteiger partial charge in [-0.15, -0.1) is 0 Å². The minimum Gasteiger partial charge on any atom is -0.370 e. The minimum atomic E-state index is -0.810. The second kappa shape index (κ2) is 13.1. The minimum absolute atomic E-state index is 0.0149. The zero-order valence-electron chi connectivity index (χ0n) is 24.7. The predicted molar refractivity (Wildman–Crippen MR) is 147 cm³/mol. The number of ether oxygens (including phenoxy) is 1. The van der Waals surface area contributed by atoms with Crippen LogP contribution in [0.25, 0.3) is 0 Å². The monoisotopic (exact) mass is 537 g/mol. The summed E-state index contributed by atoms with van der Waals surface area (Å²) in [5, 5.41) is 8.88. The third kappa shape index (κ3) is 9.43. The van der Waals surface area contributed by atoms with Crippen LogP contribution < -0.4 is 21.7 Å². The molecular formula is C28H51N5O5. The first kappa shape index (κ1) is 31.9. The number of primary amides is 1. The Morgan fingerprint density at radius 3 is 2.11 bits per heavy atom. The molecule has 5 amide bonds. The Morgan fingerprint density at radius 1 is 1.00 bits per heavy atom. The van der Waals surface area contributed by atoms with Crippen LogP contribution in [0, 0.1) is 23.2 Å². The summed E-state index contributed by atoms with van der Waals surface area (Å²) in [6.45, 7) is 15.9. The van der Waals surface area contributed by atoms with E-state index in [-0.39, 0.29) is 42.9 Å². The van der Waals surface area contributed by atoms with E-state index in [0.29, 0.717) is 18.9 Å². The number of rotatable bonds is 11. The van der Waals surface area contributed by atoms with Crippen molar-refractivity contribution in [3.63, 3.8) is 0 Å². The third-order valence-electron chi connectivity index (χ3n) is 7.48. The highest BCUT2D eigenvalue weighted by atomic mass is 16.5. The Morgan fingerprint density at radius 2 is 1.63 bits per heavy atom. The zero-order valence-corrected chi connectivity index (χ0v) is 24.7. The summed E-state index contributed by atoms with van der Waals surface area (Å²) in [5.74, 6) is -0.347. The molecule has 1 saturated heterocycles. The molecule has 1 aliphatic heterocycles. The van der Waals surface area contributed by atoms with Crippen LogP contribution in [0.4, 0.5) is 4.79 Å². The molecule has 10 heteroatoms. The van der Waals surface area contributed by atoms with Gasteiger partial charge in [0.05, 0.1) is 12.6 Å². The number of carbonyl (C=O) groups is 4. The molecule has 0 aromatic rings. The van der Waals surface area contributed by atoms with Gasteiger partial charge in [0.25, 0.3) is 0 Å². The number of amides is 5. The number of carbonyl (C=O) groups excluding carboxylic acids is 4. The van der Waals surface area contributed by atoms with E-state index < -0.39 is 35.0 Å². The van der Waals surface area contributed by atoms with Gasteiger partial charge in [0.15, 0.2) is 0 Å². The van der Waals surface area contributed by atoms with Gasteiger partial charge in [0.1, 0.15) is 18.7 Å². The zero-order chi connectivity index (χ0) is 28.8. The Kier molecular flexibility index (Phi) is 11.0. The van der Waals surface area contributed by atoms with Gasteiger partial charge in [0.2, 0.25) is 17.7 Å². The van der Waals surface area contributed by atoms with Gasteiger partial charge in [-0.3, -0.25) is 14.4 Å². The molecule has 2 rings (SSSR count). The van der Waals surface area contributed by atoms with Crippen LogP contribution in [0.5, 0.6) is 0 Å². The Labute approximate surface area is 228 Å². The van der Waals surface area contributed by atoms with Gasteiger partial charge in [-0.05, 0) is 56.8 Å². The van der Waals surface area contributed by atoms with Gasteiger partial charge in [-0.25, -0.2) is 4.79 Å². The Balaban J connectivity index is 2.24. The van der Waals surface area contributed by atoms with Gasteiger partial charge in [-0.2, -0.15) is 0 Å². The number of hydrogen-bond acceptors (Lipinski definition) is 5. The van der Waals surface area contributed by atoms with E-state index in [0.717, 1.165) is 19.3 Å². The molecule has 218 valence electrons. The molecular weight excluding hydrogens is 486 g/mol. The fourth-order valence-corrected chi connectivity index (χ4v) is 5.31. The predicted octanol–water partition coefficient (Wildman–Crippen LogP) is 2.55. The summed E-state index contributed by atoms with van der Waals surface area (Å²) in [7, 11) is 0. The lowest BCUT2D eigenvalue weighted by Gasteiger charge is -2.38. The van der Waals surface area contributed by atoms with Crippen molar-refractivity contribution in [2.24, 2.45) is 28.9 Å². The van der Waals surface area contributed by atoms with E-state index >= 15 is 0 Å². The average molecular weight is 538 g/mol. The fourth-order valence-electron chi connectivity index (χ4n) is 5.31. The molecule has 1 saturated carbocycles. The van der Waals surface area contributed by atoms with Crippen LogP contribution in [0.15, 0.2) is 0 Å². The van der Waals surface area contributed by atoms with Crippen LogP contribution in [0.3, 0.4) is 0 Å². The smallest absolute Gasteiger partial charge is 0.315 e. The lowest BCUT2D eigenvalue weighted by Crippen LogP contribution is -2.61. The van der Waals surface area contributed by atoms with E-state index in [4.69, 9.17) is 10.5 Å². The summed E-state index contributed by atoms with van der Waals surface area (Å²) in [5.41, 5.74) is 4.19. The van der Waals surface area contributed by atoms with Gasteiger partial charge >= 0.3 is 6.03 Å². The maximum absolute atomic E-state index is 14.0. The molecule has 1 unspecified atom stereocenters. The first-order valence-corrected chi connectivity index (χ1v) is 14.0. The molecule has 5 N–H and O–H groups in total. The van der Waals surface area contributed by atoms with E-state index in [2.05, 4.69) is 29.8 Å². The third-order valence-corrected chi connectivity index (χ3v) is 7.48. The molecule has 2 fully saturated rings. The quantitative estimate of drug-likeness (QED) is 0.320. The van der Waals surface area contributed by atoms with Crippen LogP contribution in [-0.2, 0) is 19.1 Å². The lowest BCUT2D eigenvalue weighted by atomic mass is 9.80. The van der Waals surface area contributed by atoms with Gasteiger partial charge in [0, 0.05) is 12.1 Å². The molecule has 0 aromatic heterocycles. The molecule has 0 radical (unpaired) electrons. The number of hydrogen-bond donors (Lipinski definition) is 4. The summed E-state index contributed by atoms with van der Waals surface area (Å²) >= 11 is 0. The van der Waals surface area contributed by atoms with E-state index in [9.17, 15) is 19.2 Å². The van der Waals surface area contributed by atoms with Crippen molar-refractivity contribution in [2.45, 2.75) is 111 Å². The molecule has 0 aromatic carbocycles. The highest BCUT2D eigenvalue weighted by Crippen LogP contribution is 2.34. The van der Waals surface area contributed by atoms with E-state index in [1.807, 2.05) is 41.5 Å². The standard InChI is InChI=1S/C28H51N5O5/c1-17(2)20-12-13-33(25(36)23(27(3,4)5)31-26(37)32-28(6,7)8)22(20)24(35)30-19(14-18-10-9-11-18)15-38-16-21(29)34/h17-20,22-23H,9-16H2,1-8H3,(H2,29,34)(H,30,35)(H2,31,32,37)/t19?,20-,22+,23-/m1/s1. The van der Waals surface area contributed by atoms with E-state index in [1.54, 1.807) is 4.90 Å². The molecule has 38 heavy (non-hydrogen) atoms. The van der Waals surface area contributed by atoms with Crippen molar-refractivity contribution in [3.05, 3.63) is 0 Å². The first-order chi connectivity index (χ1) is 17.5. The van der Waals surface area contributed by atoms with E-state index in [1.165, 1.54) is 6.42 Å². The van der Waals surface area contributed by atoms with Crippen molar-refractivity contribution in [3.8, 4) is 0 Å². The van der Waals surface area contributed by atoms with Crippen LogP contribution in [0.1, 0.15) is 87.5 Å². The maximum atomic E-state index is 14.0. The number of likely N-dealkylation sites (tertiary alicyclic amines) is 1. The molecule has 0 bridgehead atoms. The average Bonchev–Trinajstić information content (AvgIpc) is 3.17. The topological polar surface area (TPSA) is 143 Å². The fraction of sp³-hybridized carbons (Fsp3) is 0.857. The largest absolute Gasteiger partial charge is 0.370 e. The van der Waals surface area contributed by atoms with Crippen molar-refractivity contribution >= 4 is 23.8 Å². The summed E-state index contributed by atoms with van der Waals surface area (Å²) in [6, 6.07) is -2.15. The highest BCUT2D eigenvalue weighted by molar-refractivity contribution is 5.93. The molecule has 10 nitrogen and oxygen atoms in total. The molecule has 0 spiro atoms. The summed E-state index contributed by atoms with van der Waals surface area (Å²) in [6.07, 6.45) is 4.87. The van der Waals surface area contributed by atoms with Gasteiger partial charge < -0.3 is 31.3 Å². The molecule has 4 atom stereocenters. The molecule has 1 aliphatic carbocycles. The summed E-state index contributed by atoms with van der Waals surface area (Å²) < 4.78 is 5.48. The van der Waals surface area contributed by atoms with Crippen molar-refractivity contribution < 1.29 is 23.9 Å². The highest BCUT2D eigenvalue weighted by Gasteiger charge is 2.47. The van der Waals surface area contributed by atoms with Crippen molar-refractivity contribution in [1.82, 2.24) is 20.9 Å². The summed E-state index contributed by atoms with van der Waals surface area (Å²) in [4.78, 5) is 53.3. The van der Waals surface area contributed by atoms with Crippen LogP contribution in [0.2, 0.25) is 0 Å². The number of nitrogens with one attached hydrogen (secondary N) is 3. The maximum Gasteiger partial charge on any atom is 0.315 e. The number of nitrogens with zero attached hydrogens (tertiary/aromatic N) is 1. The van der Waals surface area contributed by atoms with Crippen LogP contribution >= 0.6 is 0 Å². The van der Waals surface area contributed by atoms with Crippen LogP contribution in [-0.4, -0.2) is 72.1 Å².